The summed E-state index contributed by atoms with van der Waals surface area (Å²) in [7, 11) is 0. The van der Waals surface area contributed by atoms with Crippen LogP contribution in [-0.4, -0.2) is 58.1 Å². The van der Waals surface area contributed by atoms with E-state index in [1.54, 1.807) is 36.4 Å². The van der Waals surface area contributed by atoms with Crippen molar-refractivity contribution in [1.29, 1.82) is 0 Å². The molecule has 2 aromatic carbocycles. The molecule has 0 spiro atoms. The predicted molar refractivity (Wildman–Crippen MR) is 145 cm³/mol. The summed E-state index contributed by atoms with van der Waals surface area (Å²) in [5.74, 6) is -4.72. The number of carbonyl (C=O) groups excluding carboxylic acids is 1. The van der Waals surface area contributed by atoms with Gasteiger partial charge in [-0.2, -0.15) is 5.10 Å². The quantitative estimate of drug-likeness (QED) is 0.288. The Morgan fingerprint density at radius 2 is 1.85 bits per heavy atom. The molecule has 4 aromatic rings. The van der Waals surface area contributed by atoms with Gasteiger partial charge in [-0.25, -0.2) is 22.5 Å². The van der Waals surface area contributed by atoms with E-state index in [1.165, 1.54) is 23.6 Å². The first-order chi connectivity index (χ1) is 19.3. The van der Waals surface area contributed by atoms with Crippen LogP contribution >= 0.6 is 0 Å². The van der Waals surface area contributed by atoms with Crippen molar-refractivity contribution in [1.82, 2.24) is 20.1 Å². The summed E-state index contributed by atoms with van der Waals surface area (Å²) in [6.45, 7) is 2.22. The summed E-state index contributed by atoms with van der Waals surface area (Å²) >= 11 is 0. The second kappa shape index (κ2) is 10.5. The van der Waals surface area contributed by atoms with E-state index in [1.807, 2.05) is 0 Å². The highest BCUT2D eigenvalue weighted by molar-refractivity contribution is 6.11. The second-order valence-corrected chi connectivity index (χ2v) is 10.5. The molecule has 11 heteroatoms. The van der Waals surface area contributed by atoms with Gasteiger partial charge in [-0.15, -0.1) is 0 Å². The van der Waals surface area contributed by atoms with E-state index < -0.39 is 23.5 Å². The Bertz CT molecular complexity index is 1550. The molecule has 40 heavy (non-hydrogen) atoms. The van der Waals surface area contributed by atoms with Crippen LogP contribution in [0.5, 0.6) is 0 Å². The lowest BCUT2D eigenvalue weighted by Crippen LogP contribution is -2.29. The Morgan fingerprint density at radius 3 is 2.58 bits per heavy atom. The summed E-state index contributed by atoms with van der Waals surface area (Å²) in [5, 5.41) is 10.1. The number of benzene rings is 2. The molecule has 4 heterocycles. The topological polar surface area (TPSA) is 77.1 Å². The van der Waals surface area contributed by atoms with Gasteiger partial charge in [0.1, 0.15) is 5.82 Å². The highest BCUT2D eigenvalue weighted by atomic mass is 19.3. The lowest BCUT2D eigenvalue weighted by Gasteiger charge is -2.26. The minimum atomic E-state index is -2.74. The molecule has 0 unspecified atom stereocenters. The van der Waals surface area contributed by atoms with Crippen molar-refractivity contribution in [3.8, 4) is 11.1 Å². The molecule has 208 valence electrons. The molecule has 2 aliphatic rings. The minimum absolute atomic E-state index is 0.0745. The number of hydrogen-bond acceptors (Lipinski definition) is 5. The Labute approximate surface area is 228 Å². The third-order valence-corrected chi connectivity index (χ3v) is 7.53. The summed E-state index contributed by atoms with van der Waals surface area (Å²) < 4.78 is 56.7. The van der Waals surface area contributed by atoms with Gasteiger partial charge in [0.05, 0.1) is 23.9 Å². The number of anilines is 2. The molecule has 7 nitrogen and oxygen atoms in total. The summed E-state index contributed by atoms with van der Waals surface area (Å²) in [5.41, 5.74) is 2.23. The maximum Gasteiger partial charge on any atom is 0.276 e. The monoisotopic (exact) mass is 552 g/mol. The molecule has 1 amide bonds. The Balaban J connectivity index is 1.23. The fourth-order valence-electron chi connectivity index (χ4n) is 5.45. The SMILES string of the molecule is O=C(Nc1ccc(N2CCC(F)(F)C2)nc1)c1n[nH]c2ccc(-c3cc(CN4CCCCC4)cc(F)c3F)cc12. The average molecular weight is 553 g/mol. The van der Waals surface area contributed by atoms with Crippen LogP contribution < -0.4 is 10.2 Å². The number of H-pyrrole nitrogens is 1. The van der Waals surface area contributed by atoms with Crippen LogP contribution in [0.2, 0.25) is 0 Å². The van der Waals surface area contributed by atoms with Gasteiger partial charge >= 0.3 is 0 Å². The van der Waals surface area contributed by atoms with Gasteiger partial charge in [-0.05, 0) is 73.5 Å². The van der Waals surface area contributed by atoms with E-state index in [2.05, 4.69) is 25.4 Å². The molecule has 0 bridgehead atoms. The molecule has 0 aliphatic carbocycles. The van der Waals surface area contributed by atoms with Gasteiger partial charge in [0.2, 0.25) is 0 Å². The number of aromatic nitrogens is 3. The number of halogens is 4. The molecule has 2 aliphatic heterocycles. The first-order valence-corrected chi connectivity index (χ1v) is 13.3. The zero-order valence-electron chi connectivity index (χ0n) is 21.7. The number of aromatic amines is 1. The fraction of sp³-hybridized carbons (Fsp3) is 0.345. The van der Waals surface area contributed by atoms with Crippen LogP contribution in [-0.2, 0) is 6.54 Å². The lowest BCUT2D eigenvalue weighted by molar-refractivity contribution is 0.0256. The van der Waals surface area contributed by atoms with E-state index in [-0.39, 0.29) is 30.8 Å². The molecule has 2 saturated heterocycles. The number of likely N-dealkylation sites (tertiary alicyclic amines) is 1. The fourth-order valence-corrected chi connectivity index (χ4v) is 5.45. The number of piperidine rings is 1. The van der Waals surface area contributed by atoms with Gasteiger partial charge in [-0.1, -0.05) is 12.5 Å². The zero-order valence-corrected chi connectivity index (χ0v) is 21.7. The number of pyridine rings is 1. The van der Waals surface area contributed by atoms with Gasteiger partial charge in [0.25, 0.3) is 11.8 Å². The molecule has 2 fully saturated rings. The van der Waals surface area contributed by atoms with Crippen LogP contribution in [0.25, 0.3) is 22.0 Å². The number of rotatable bonds is 6. The molecule has 0 atom stereocenters. The van der Waals surface area contributed by atoms with Crippen molar-refractivity contribution >= 4 is 28.3 Å². The minimum Gasteiger partial charge on any atom is -0.350 e. The lowest BCUT2D eigenvalue weighted by atomic mass is 9.99. The number of fused-ring (bicyclic) bond motifs is 1. The second-order valence-electron chi connectivity index (χ2n) is 10.5. The molecule has 6 rings (SSSR count). The Hall–Kier alpha value is -3.99. The Kier molecular flexibility index (Phi) is 6.91. The standard InChI is InChI=1S/C29H28F4N6O/c30-23-13-18(16-38-9-2-1-3-10-38)12-21(26(23)31)19-4-6-24-22(14-19)27(37-36-24)28(40)35-20-5-7-25(34-15-20)39-11-8-29(32,33)17-39/h4-7,12-15H,1-3,8-11,16-17H2,(H,35,40)(H,36,37). The smallest absolute Gasteiger partial charge is 0.276 e. The van der Waals surface area contributed by atoms with Crippen LogP contribution in [0.3, 0.4) is 0 Å². The van der Waals surface area contributed by atoms with Crippen molar-refractivity contribution in [2.45, 2.75) is 38.2 Å². The number of hydrogen-bond donors (Lipinski definition) is 2. The maximum atomic E-state index is 15.0. The van der Waals surface area contributed by atoms with E-state index in [4.69, 9.17) is 0 Å². The highest BCUT2D eigenvalue weighted by Gasteiger charge is 2.38. The third-order valence-electron chi connectivity index (χ3n) is 7.53. The molecule has 0 saturated carbocycles. The number of amides is 1. The number of nitrogens with one attached hydrogen (secondary N) is 2. The van der Waals surface area contributed by atoms with Crippen molar-refractivity contribution in [2.24, 2.45) is 0 Å². The van der Waals surface area contributed by atoms with Crippen LogP contribution in [0.15, 0.2) is 48.7 Å². The van der Waals surface area contributed by atoms with E-state index in [9.17, 15) is 22.4 Å². The van der Waals surface area contributed by atoms with Crippen molar-refractivity contribution in [2.75, 3.05) is 36.4 Å². The third kappa shape index (κ3) is 5.38. The average Bonchev–Trinajstić information content (AvgIpc) is 3.54. The summed E-state index contributed by atoms with van der Waals surface area (Å²) in [6.07, 6.45) is 4.55. The van der Waals surface area contributed by atoms with Crippen LogP contribution in [0.1, 0.15) is 41.7 Å². The summed E-state index contributed by atoms with van der Waals surface area (Å²) in [6, 6.07) is 11.0. The van der Waals surface area contributed by atoms with E-state index in [0.717, 1.165) is 25.9 Å². The first-order valence-electron chi connectivity index (χ1n) is 13.3. The van der Waals surface area contributed by atoms with Gasteiger partial charge in [0, 0.05) is 30.5 Å². The summed E-state index contributed by atoms with van der Waals surface area (Å²) in [4.78, 5) is 21.0. The largest absolute Gasteiger partial charge is 0.350 e. The van der Waals surface area contributed by atoms with Crippen molar-refractivity contribution in [3.05, 3.63) is 71.6 Å². The van der Waals surface area contributed by atoms with E-state index in [0.29, 0.717) is 40.1 Å². The van der Waals surface area contributed by atoms with Gasteiger partial charge in [0.15, 0.2) is 17.3 Å². The zero-order chi connectivity index (χ0) is 27.9. The van der Waals surface area contributed by atoms with Crippen molar-refractivity contribution < 1.29 is 22.4 Å². The number of alkyl halides is 2. The van der Waals surface area contributed by atoms with Gasteiger partial charge < -0.3 is 10.2 Å². The molecule has 0 radical (unpaired) electrons. The van der Waals surface area contributed by atoms with E-state index >= 15 is 0 Å². The first kappa shape index (κ1) is 26.2. The van der Waals surface area contributed by atoms with Crippen LogP contribution in [0.4, 0.5) is 29.1 Å². The molecule has 2 aromatic heterocycles. The molecular weight excluding hydrogens is 524 g/mol. The molecular formula is C29H28F4N6O. The molecule has 2 N–H and O–H groups in total. The maximum absolute atomic E-state index is 15.0. The number of nitrogens with zero attached hydrogens (tertiary/aromatic N) is 4. The van der Waals surface area contributed by atoms with Crippen LogP contribution in [0, 0.1) is 11.6 Å². The predicted octanol–water partition coefficient (Wildman–Crippen LogP) is 5.99. The normalized spacial score (nSPS) is 17.4. The Morgan fingerprint density at radius 1 is 1.02 bits per heavy atom. The highest BCUT2D eigenvalue weighted by Crippen LogP contribution is 2.32. The van der Waals surface area contributed by atoms with Gasteiger partial charge in [-0.3, -0.25) is 14.8 Å². The number of carbonyl (C=O) groups is 1. The van der Waals surface area contributed by atoms with Crippen molar-refractivity contribution in [3.63, 3.8) is 0 Å².